The van der Waals surface area contributed by atoms with Crippen LogP contribution in [-0.4, -0.2) is 93.6 Å². The highest BCUT2D eigenvalue weighted by Gasteiger charge is 2.80. The molecule has 3 heterocycles. The van der Waals surface area contributed by atoms with E-state index in [-0.39, 0.29) is 36.3 Å². The molecule has 41 heavy (non-hydrogen) atoms. The van der Waals surface area contributed by atoms with E-state index < -0.39 is 29.1 Å². The van der Waals surface area contributed by atoms with Crippen LogP contribution in [-0.2, 0) is 19.1 Å². The SMILES string of the molecule is C=CCN(CCC)C(=O)[C@H]1[C@H]2C(=O)N(CCCCCCO)C(C(=O)N(CC=C)C3CCCCC3)C23CC(C)[C@]1(C)O3. The van der Waals surface area contributed by atoms with Crippen LogP contribution in [0.5, 0.6) is 0 Å². The zero-order chi connectivity index (χ0) is 29.8. The van der Waals surface area contributed by atoms with Crippen molar-refractivity contribution in [3.8, 4) is 0 Å². The van der Waals surface area contributed by atoms with Gasteiger partial charge in [0, 0.05) is 38.8 Å². The van der Waals surface area contributed by atoms with E-state index in [1.165, 1.54) is 6.42 Å². The Morgan fingerprint density at radius 1 is 1.07 bits per heavy atom. The highest BCUT2D eigenvalue weighted by molar-refractivity contribution is 5.99. The molecule has 3 aliphatic heterocycles. The number of hydrogen-bond acceptors (Lipinski definition) is 5. The first-order valence-electron chi connectivity index (χ1n) is 16.1. The summed E-state index contributed by atoms with van der Waals surface area (Å²) in [6.45, 7) is 16.0. The molecule has 2 bridgehead atoms. The van der Waals surface area contributed by atoms with Gasteiger partial charge in [0.05, 0.1) is 17.4 Å². The van der Waals surface area contributed by atoms with Gasteiger partial charge in [0.1, 0.15) is 11.6 Å². The molecule has 230 valence electrons. The predicted octanol–water partition coefficient (Wildman–Crippen LogP) is 4.32. The third-order valence-electron chi connectivity index (χ3n) is 10.4. The van der Waals surface area contributed by atoms with Crippen LogP contribution < -0.4 is 0 Å². The van der Waals surface area contributed by atoms with E-state index in [2.05, 4.69) is 20.1 Å². The Bertz CT molecular complexity index is 980. The van der Waals surface area contributed by atoms with E-state index in [0.717, 1.165) is 57.8 Å². The third-order valence-corrected chi connectivity index (χ3v) is 10.4. The molecular formula is C33H53N3O5. The Morgan fingerprint density at radius 2 is 1.76 bits per heavy atom. The molecule has 0 aromatic carbocycles. The smallest absolute Gasteiger partial charge is 0.248 e. The molecule has 4 rings (SSSR count). The molecule has 1 N–H and O–H groups in total. The number of unbranched alkanes of at least 4 members (excludes halogenated alkanes) is 3. The Balaban J connectivity index is 1.74. The molecule has 1 saturated carbocycles. The van der Waals surface area contributed by atoms with Crippen molar-refractivity contribution in [2.45, 2.75) is 115 Å². The van der Waals surface area contributed by atoms with E-state index in [1.807, 2.05) is 18.7 Å². The van der Waals surface area contributed by atoms with Crippen molar-refractivity contribution in [3.05, 3.63) is 25.3 Å². The second-order valence-electron chi connectivity index (χ2n) is 13.0. The molecule has 6 atom stereocenters. The van der Waals surface area contributed by atoms with Gasteiger partial charge in [0.25, 0.3) is 0 Å². The van der Waals surface area contributed by atoms with E-state index in [0.29, 0.717) is 32.6 Å². The molecule has 1 spiro atoms. The molecular weight excluding hydrogens is 518 g/mol. The maximum atomic E-state index is 14.7. The molecule has 0 aromatic heterocycles. The fourth-order valence-electron chi connectivity index (χ4n) is 8.40. The van der Waals surface area contributed by atoms with Gasteiger partial charge in [-0.05, 0) is 51.4 Å². The zero-order valence-corrected chi connectivity index (χ0v) is 25.7. The van der Waals surface area contributed by atoms with Gasteiger partial charge in [0.2, 0.25) is 17.7 Å². The van der Waals surface area contributed by atoms with E-state index in [4.69, 9.17) is 4.74 Å². The molecule has 8 heteroatoms. The Kier molecular flexibility index (Phi) is 10.4. The molecule has 0 aromatic rings. The lowest BCUT2D eigenvalue weighted by atomic mass is 9.62. The number of aliphatic hydroxyl groups is 1. The molecule has 3 unspecified atom stereocenters. The molecule has 4 fully saturated rings. The fourth-order valence-corrected chi connectivity index (χ4v) is 8.40. The summed E-state index contributed by atoms with van der Waals surface area (Å²) in [7, 11) is 0. The van der Waals surface area contributed by atoms with Crippen LogP contribution in [0, 0.1) is 17.8 Å². The summed E-state index contributed by atoms with van der Waals surface area (Å²) < 4.78 is 6.98. The average Bonchev–Trinajstić information content (AvgIpc) is 3.47. The van der Waals surface area contributed by atoms with Crippen molar-refractivity contribution in [2.24, 2.45) is 17.8 Å². The van der Waals surface area contributed by atoms with Gasteiger partial charge in [-0.2, -0.15) is 0 Å². The van der Waals surface area contributed by atoms with Gasteiger partial charge >= 0.3 is 0 Å². The number of amides is 3. The van der Waals surface area contributed by atoms with Crippen LogP contribution >= 0.6 is 0 Å². The van der Waals surface area contributed by atoms with E-state index in [1.54, 1.807) is 22.0 Å². The Hall–Kier alpha value is -2.19. The van der Waals surface area contributed by atoms with Crippen LogP contribution in [0.1, 0.15) is 91.4 Å². The topological polar surface area (TPSA) is 90.4 Å². The molecule has 1 aliphatic carbocycles. The van der Waals surface area contributed by atoms with Crippen molar-refractivity contribution in [3.63, 3.8) is 0 Å². The number of ether oxygens (including phenoxy) is 1. The lowest BCUT2D eigenvalue weighted by Gasteiger charge is -2.41. The first kappa shape index (κ1) is 31.7. The van der Waals surface area contributed by atoms with Gasteiger partial charge in [0.15, 0.2) is 0 Å². The summed E-state index contributed by atoms with van der Waals surface area (Å²) in [6.07, 6.45) is 13.4. The standard InChI is InChI=1S/C33H53N3O5/c1-6-18-34(19-7-2)29(38)26-27-30(39)36(21-14-9-10-15-22-37)28(33(27)23-24(4)32(26,5)41-33)31(40)35(20-8-3)25-16-12-11-13-17-25/h6,8,24-28,37H,1,3,7,9-23H2,2,4-5H3/t24?,26-,27+,28?,32+,33?/m1/s1. The first-order valence-corrected chi connectivity index (χ1v) is 16.1. The second kappa shape index (κ2) is 13.4. The first-order chi connectivity index (χ1) is 19.7. The summed E-state index contributed by atoms with van der Waals surface area (Å²) in [5.41, 5.74) is -1.83. The van der Waals surface area contributed by atoms with Crippen LogP contribution in [0.2, 0.25) is 0 Å². The monoisotopic (exact) mass is 571 g/mol. The van der Waals surface area contributed by atoms with Crippen molar-refractivity contribution >= 4 is 17.7 Å². The number of fused-ring (bicyclic) bond motifs is 1. The van der Waals surface area contributed by atoms with E-state index >= 15 is 0 Å². The van der Waals surface area contributed by atoms with Gasteiger partial charge in [-0.1, -0.05) is 58.1 Å². The molecule has 0 radical (unpaired) electrons. The minimum Gasteiger partial charge on any atom is -0.396 e. The number of aliphatic hydroxyl groups excluding tert-OH is 1. The van der Waals surface area contributed by atoms with Crippen molar-refractivity contribution in [1.82, 2.24) is 14.7 Å². The highest BCUT2D eigenvalue weighted by Crippen LogP contribution is 2.65. The van der Waals surface area contributed by atoms with Gasteiger partial charge in [-0.15, -0.1) is 13.2 Å². The Labute approximate surface area is 247 Å². The summed E-state index contributed by atoms with van der Waals surface area (Å²) in [4.78, 5) is 49.0. The summed E-state index contributed by atoms with van der Waals surface area (Å²) >= 11 is 0. The zero-order valence-electron chi connectivity index (χ0n) is 25.7. The van der Waals surface area contributed by atoms with Gasteiger partial charge in [-0.25, -0.2) is 0 Å². The minimum atomic E-state index is -1.02. The highest BCUT2D eigenvalue weighted by atomic mass is 16.5. The normalized spacial score (nSPS) is 32.7. The van der Waals surface area contributed by atoms with Crippen molar-refractivity contribution < 1.29 is 24.2 Å². The number of carbonyl (C=O) groups is 3. The third kappa shape index (κ3) is 5.63. The fraction of sp³-hybridized carbons (Fsp3) is 0.788. The van der Waals surface area contributed by atoms with Crippen molar-refractivity contribution in [1.29, 1.82) is 0 Å². The summed E-state index contributed by atoms with van der Waals surface area (Å²) in [5, 5.41) is 9.22. The summed E-state index contributed by atoms with van der Waals surface area (Å²) in [5.74, 6) is -1.52. The number of nitrogens with zero attached hydrogens (tertiary/aromatic N) is 3. The quantitative estimate of drug-likeness (QED) is 0.234. The van der Waals surface area contributed by atoms with Crippen LogP contribution in [0.3, 0.4) is 0 Å². The molecule has 4 aliphatic rings. The van der Waals surface area contributed by atoms with Crippen LogP contribution in [0.15, 0.2) is 25.3 Å². The molecule has 3 amide bonds. The second-order valence-corrected chi connectivity index (χ2v) is 13.0. The maximum absolute atomic E-state index is 14.7. The molecule has 8 nitrogen and oxygen atoms in total. The van der Waals surface area contributed by atoms with E-state index in [9.17, 15) is 19.5 Å². The number of hydrogen-bond donors (Lipinski definition) is 1. The minimum absolute atomic E-state index is 0.0232. The van der Waals surface area contributed by atoms with Gasteiger partial charge in [-0.3, -0.25) is 14.4 Å². The Morgan fingerprint density at radius 3 is 2.39 bits per heavy atom. The number of likely N-dealkylation sites (tertiary alicyclic amines) is 1. The lowest BCUT2D eigenvalue weighted by molar-refractivity contribution is -0.156. The molecule has 3 saturated heterocycles. The van der Waals surface area contributed by atoms with Crippen molar-refractivity contribution in [2.75, 3.05) is 32.8 Å². The van der Waals surface area contributed by atoms with Crippen LogP contribution in [0.4, 0.5) is 0 Å². The lowest BCUT2D eigenvalue weighted by Crippen LogP contribution is -2.58. The summed E-state index contributed by atoms with van der Waals surface area (Å²) in [6, 6.07) is -0.622. The largest absolute Gasteiger partial charge is 0.396 e. The number of rotatable bonds is 15. The average molecular weight is 572 g/mol. The number of carbonyl (C=O) groups excluding carboxylic acids is 3. The van der Waals surface area contributed by atoms with Crippen LogP contribution in [0.25, 0.3) is 0 Å². The maximum Gasteiger partial charge on any atom is 0.248 e. The predicted molar refractivity (Wildman–Crippen MR) is 160 cm³/mol. The van der Waals surface area contributed by atoms with Gasteiger partial charge < -0.3 is 24.5 Å².